The number of guanidine groups is 1. The van der Waals surface area contributed by atoms with Gasteiger partial charge in [-0.1, -0.05) is 0 Å². The van der Waals surface area contributed by atoms with Crippen molar-refractivity contribution in [2.75, 3.05) is 32.8 Å². The van der Waals surface area contributed by atoms with Gasteiger partial charge in [-0.25, -0.2) is 4.39 Å². The van der Waals surface area contributed by atoms with Crippen LogP contribution in [0.1, 0.15) is 19.3 Å². The fourth-order valence-electron chi connectivity index (χ4n) is 5.59. The number of rotatable bonds is 13. The van der Waals surface area contributed by atoms with Gasteiger partial charge in [0, 0.05) is 19.1 Å². The summed E-state index contributed by atoms with van der Waals surface area (Å²) in [5, 5.41) is 76.5. The quantitative estimate of drug-likeness (QED) is 0.0646. The summed E-state index contributed by atoms with van der Waals surface area (Å²) in [4.78, 5) is 12.7. The number of hydrogen-bond donors (Lipinski definition) is 14. The molecule has 0 radical (unpaired) electrons. The molecule has 18 N–H and O–H groups in total. The maximum absolute atomic E-state index is 16.5. The van der Waals surface area contributed by atoms with E-state index in [1.54, 1.807) is 0 Å². The van der Waals surface area contributed by atoms with E-state index in [1.807, 2.05) is 0 Å². The van der Waals surface area contributed by atoms with E-state index < -0.39 is 104 Å². The molecule has 2 aliphatic heterocycles. The second-order valence-corrected chi connectivity index (χ2v) is 11.4. The Morgan fingerprint density at radius 2 is 1.64 bits per heavy atom. The molecule has 0 aromatic carbocycles. The van der Waals surface area contributed by atoms with Crippen LogP contribution in [-0.4, -0.2) is 167 Å². The van der Waals surface area contributed by atoms with Crippen LogP contribution in [0.4, 0.5) is 4.39 Å². The molecule has 1 saturated carbocycles. The minimum absolute atomic E-state index is 0.00990. The Balaban J connectivity index is 1.86. The van der Waals surface area contributed by atoms with Crippen LogP contribution in [0.2, 0.25) is 0 Å². The van der Waals surface area contributed by atoms with Crippen LogP contribution in [0.15, 0.2) is 0 Å². The molecule has 19 nitrogen and oxygen atoms in total. The van der Waals surface area contributed by atoms with Crippen molar-refractivity contribution in [3.63, 3.8) is 0 Å². The second kappa shape index (κ2) is 17.3. The van der Waals surface area contributed by atoms with Crippen molar-refractivity contribution in [3.8, 4) is 0 Å². The third-order valence-electron chi connectivity index (χ3n) is 8.07. The Labute approximate surface area is 259 Å². The van der Waals surface area contributed by atoms with Crippen molar-refractivity contribution in [2.45, 2.75) is 111 Å². The SMILES string of the molecule is N=C(NCCO)N[C@@H]1C(O)[C@@H](CO)OC(OC2C(F)[C@H](O[C@H]3OC(CN)[C@@H](O)CC3N)C(N)C[C@H]2NC(=O)[C@@H](O)CCN)[C@@H]1O. The first-order valence-electron chi connectivity index (χ1n) is 14.9. The highest BCUT2D eigenvalue weighted by molar-refractivity contribution is 5.80. The summed E-state index contributed by atoms with van der Waals surface area (Å²) in [6.45, 7) is -1.15. The predicted molar refractivity (Wildman–Crippen MR) is 153 cm³/mol. The molecular formula is C25H49FN8O11. The van der Waals surface area contributed by atoms with Crippen molar-refractivity contribution in [1.82, 2.24) is 16.0 Å². The summed E-state index contributed by atoms with van der Waals surface area (Å²) in [5.74, 6) is -1.26. The van der Waals surface area contributed by atoms with Gasteiger partial charge < -0.3 is 88.5 Å². The molecule has 0 bridgehead atoms. The molecule has 15 atom stereocenters. The van der Waals surface area contributed by atoms with Gasteiger partial charge in [-0.15, -0.1) is 0 Å². The topological polar surface area (TPSA) is 339 Å². The van der Waals surface area contributed by atoms with Crippen LogP contribution >= 0.6 is 0 Å². The highest BCUT2D eigenvalue weighted by atomic mass is 19.1. The number of ether oxygens (including phenoxy) is 4. The van der Waals surface area contributed by atoms with Crippen molar-refractivity contribution in [3.05, 3.63) is 0 Å². The smallest absolute Gasteiger partial charge is 0.249 e. The minimum atomic E-state index is -2.14. The molecule has 0 aromatic heterocycles. The summed E-state index contributed by atoms with van der Waals surface area (Å²) >= 11 is 0. The third-order valence-corrected chi connectivity index (χ3v) is 8.07. The van der Waals surface area contributed by atoms with E-state index in [4.69, 9.17) is 52.4 Å². The van der Waals surface area contributed by atoms with E-state index in [9.17, 15) is 30.3 Å². The molecule has 0 aromatic rings. The maximum atomic E-state index is 16.5. The number of carbonyl (C=O) groups excluding carboxylic acids is 1. The molecule has 3 rings (SSSR count). The van der Waals surface area contributed by atoms with Crippen LogP contribution < -0.4 is 38.9 Å². The van der Waals surface area contributed by atoms with E-state index in [-0.39, 0.29) is 51.5 Å². The zero-order chi connectivity index (χ0) is 33.4. The fraction of sp³-hybridized carbons (Fsp3) is 0.920. The van der Waals surface area contributed by atoms with Crippen LogP contribution in [-0.2, 0) is 23.7 Å². The van der Waals surface area contributed by atoms with Crippen LogP contribution in [0.25, 0.3) is 0 Å². The molecule has 3 aliphatic rings. The van der Waals surface area contributed by atoms with Crippen LogP contribution in [0.3, 0.4) is 0 Å². The average molecular weight is 657 g/mol. The number of carbonyl (C=O) groups is 1. The van der Waals surface area contributed by atoms with Gasteiger partial charge in [-0.05, 0) is 25.8 Å². The lowest BCUT2D eigenvalue weighted by atomic mass is 9.84. The van der Waals surface area contributed by atoms with E-state index in [2.05, 4.69) is 16.0 Å². The van der Waals surface area contributed by atoms with Gasteiger partial charge in [0.1, 0.15) is 36.6 Å². The predicted octanol–water partition coefficient (Wildman–Crippen LogP) is -7.30. The first-order chi connectivity index (χ1) is 21.4. The van der Waals surface area contributed by atoms with Gasteiger partial charge in [0.15, 0.2) is 24.7 Å². The first kappa shape index (κ1) is 37.6. The lowest BCUT2D eigenvalue weighted by molar-refractivity contribution is -0.311. The number of halogens is 1. The summed E-state index contributed by atoms with van der Waals surface area (Å²) in [7, 11) is 0. The van der Waals surface area contributed by atoms with Crippen molar-refractivity contribution in [2.24, 2.45) is 22.9 Å². The van der Waals surface area contributed by atoms with Crippen molar-refractivity contribution < 1.29 is 58.8 Å². The highest BCUT2D eigenvalue weighted by Gasteiger charge is 2.53. The number of aliphatic hydroxyl groups is 6. The van der Waals surface area contributed by atoms with Crippen molar-refractivity contribution in [1.29, 1.82) is 5.41 Å². The largest absolute Gasteiger partial charge is 0.395 e. The standard InChI is InChI=1S/C25H49FN8O11/c26-16-20(44-23-10(30)6-13(38)14(7-28)42-23)9(29)5-11(33-22(41)12(37)1-2-27)21(16)45-24-19(40)17(18(39)15(8-36)43-24)34-25(31)32-3-4-35/h9-21,23-24,35-40H,1-8,27-30H2,(H,33,41)(H3,31,32,34)/t9?,10?,11-,12+,13+,14?,15-,16?,17-,18?,19-,20-,21?,23-,24?/m1/s1. The average Bonchev–Trinajstić information content (AvgIpc) is 3.00. The molecule has 2 heterocycles. The molecule has 2 saturated heterocycles. The van der Waals surface area contributed by atoms with E-state index in [0.29, 0.717) is 0 Å². The Hall–Kier alpha value is -1.89. The summed E-state index contributed by atoms with van der Waals surface area (Å²) in [5.41, 5.74) is 23.5. The van der Waals surface area contributed by atoms with Crippen molar-refractivity contribution >= 4 is 11.9 Å². The second-order valence-electron chi connectivity index (χ2n) is 11.4. The zero-order valence-electron chi connectivity index (χ0n) is 24.7. The van der Waals surface area contributed by atoms with E-state index >= 15 is 4.39 Å². The highest BCUT2D eigenvalue weighted by Crippen LogP contribution is 2.33. The number of amides is 1. The Kier molecular flexibility index (Phi) is 14.5. The van der Waals surface area contributed by atoms with Crippen LogP contribution in [0.5, 0.6) is 0 Å². The zero-order valence-corrected chi connectivity index (χ0v) is 24.7. The van der Waals surface area contributed by atoms with E-state index in [1.165, 1.54) is 0 Å². The first-order valence-corrected chi connectivity index (χ1v) is 14.9. The Morgan fingerprint density at radius 1 is 0.978 bits per heavy atom. The Morgan fingerprint density at radius 3 is 2.27 bits per heavy atom. The number of hydrogen-bond acceptors (Lipinski definition) is 16. The van der Waals surface area contributed by atoms with Gasteiger partial charge in [-0.3, -0.25) is 10.2 Å². The van der Waals surface area contributed by atoms with Gasteiger partial charge in [0.25, 0.3) is 0 Å². The summed E-state index contributed by atoms with van der Waals surface area (Å²) in [6, 6.07) is -4.53. The molecule has 1 aliphatic carbocycles. The molecule has 1 amide bonds. The lowest BCUT2D eigenvalue weighted by Crippen LogP contribution is -2.69. The summed E-state index contributed by atoms with van der Waals surface area (Å²) in [6.07, 6.45) is -16.4. The van der Waals surface area contributed by atoms with Gasteiger partial charge >= 0.3 is 0 Å². The molecule has 45 heavy (non-hydrogen) atoms. The molecule has 20 heteroatoms. The summed E-state index contributed by atoms with van der Waals surface area (Å²) < 4.78 is 39.5. The third kappa shape index (κ3) is 9.35. The molecule has 3 fully saturated rings. The normalized spacial score (nSPS) is 41.2. The molecule has 0 spiro atoms. The maximum Gasteiger partial charge on any atom is 0.249 e. The number of alkyl halides is 1. The molecular weight excluding hydrogens is 607 g/mol. The fourth-order valence-corrected chi connectivity index (χ4v) is 5.59. The lowest BCUT2D eigenvalue weighted by Gasteiger charge is -2.48. The molecule has 7 unspecified atom stereocenters. The van der Waals surface area contributed by atoms with Gasteiger partial charge in [0.05, 0.1) is 43.5 Å². The Bertz CT molecular complexity index is 949. The minimum Gasteiger partial charge on any atom is -0.395 e. The van der Waals surface area contributed by atoms with Gasteiger partial charge in [-0.2, -0.15) is 0 Å². The number of nitrogens with two attached hydrogens (primary N) is 4. The van der Waals surface area contributed by atoms with E-state index in [0.717, 1.165) is 0 Å². The number of nitrogens with one attached hydrogen (secondary N) is 4. The molecule has 262 valence electrons. The van der Waals surface area contributed by atoms with Crippen LogP contribution in [0, 0.1) is 5.41 Å². The monoisotopic (exact) mass is 656 g/mol. The number of aliphatic hydroxyl groups excluding tert-OH is 6. The van der Waals surface area contributed by atoms with Gasteiger partial charge in [0.2, 0.25) is 5.91 Å².